The Morgan fingerprint density at radius 2 is 1.88 bits per heavy atom. The minimum Gasteiger partial charge on any atom is -0.211 e. The third-order valence-corrected chi connectivity index (χ3v) is 3.18. The van der Waals surface area contributed by atoms with E-state index in [-0.39, 0.29) is 11.5 Å². The molecule has 2 atom stereocenters. The van der Waals surface area contributed by atoms with Gasteiger partial charge in [-0.3, -0.25) is 0 Å². The monoisotopic (exact) mass is 215 g/mol. The first-order valence-corrected chi connectivity index (χ1v) is 5.70. The number of carbonyl (C=O) groups excluding carboxylic acids is 1. The fraction of sp³-hybridized carbons (Fsp3) is 0.500. The Bertz CT molecular complexity index is 421. The molecular formula is C14H17NO. The van der Waals surface area contributed by atoms with Crippen molar-refractivity contribution in [2.24, 2.45) is 4.99 Å². The van der Waals surface area contributed by atoms with Crippen LogP contribution in [-0.4, -0.2) is 12.1 Å². The molecule has 0 radical (unpaired) electrons. The number of aliphatic imine (C=N–C) groups is 1. The highest BCUT2D eigenvalue weighted by Crippen LogP contribution is 2.43. The van der Waals surface area contributed by atoms with Gasteiger partial charge in [-0.1, -0.05) is 45.0 Å². The highest BCUT2D eigenvalue weighted by molar-refractivity contribution is 5.39. The third-order valence-electron chi connectivity index (χ3n) is 3.18. The predicted octanol–water partition coefficient (Wildman–Crippen LogP) is 3.18. The molecular weight excluding hydrogens is 198 g/mol. The van der Waals surface area contributed by atoms with Crippen molar-refractivity contribution in [2.45, 2.75) is 44.6 Å². The lowest BCUT2D eigenvalue weighted by Crippen LogP contribution is -2.10. The summed E-state index contributed by atoms with van der Waals surface area (Å²) in [7, 11) is 0. The lowest BCUT2D eigenvalue weighted by atomic mass is 9.86. The molecule has 1 aromatic rings. The van der Waals surface area contributed by atoms with Crippen molar-refractivity contribution in [1.82, 2.24) is 0 Å². The van der Waals surface area contributed by atoms with Gasteiger partial charge in [0, 0.05) is 5.92 Å². The standard InChI is InChI=1S/C14H17NO/c1-14(2,3)11-6-4-10(5-7-11)12-8-13(12)15-9-16/h4-7,12-13H,8H2,1-3H3. The Hall–Kier alpha value is -1.40. The molecule has 1 fully saturated rings. The number of isocyanates is 1. The highest BCUT2D eigenvalue weighted by Gasteiger charge is 2.38. The molecule has 0 aromatic heterocycles. The molecule has 16 heavy (non-hydrogen) atoms. The minimum absolute atomic E-state index is 0.179. The molecule has 84 valence electrons. The highest BCUT2D eigenvalue weighted by atomic mass is 16.1. The maximum atomic E-state index is 10.1. The maximum Gasteiger partial charge on any atom is 0.235 e. The normalized spacial score (nSPS) is 23.7. The first-order chi connectivity index (χ1) is 7.52. The van der Waals surface area contributed by atoms with Crippen molar-refractivity contribution >= 4 is 6.08 Å². The number of hydrogen-bond acceptors (Lipinski definition) is 2. The molecule has 1 aromatic carbocycles. The van der Waals surface area contributed by atoms with Gasteiger partial charge in [-0.15, -0.1) is 0 Å². The fourth-order valence-electron chi connectivity index (χ4n) is 1.98. The quantitative estimate of drug-likeness (QED) is 0.550. The van der Waals surface area contributed by atoms with Crippen molar-refractivity contribution < 1.29 is 4.79 Å². The number of rotatable bonds is 2. The predicted molar refractivity (Wildman–Crippen MR) is 64.4 cm³/mol. The van der Waals surface area contributed by atoms with E-state index >= 15 is 0 Å². The van der Waals surface area contributed by atoms with Crippen LogP contribution in [0.15, 0.2) is 29.3 Å². The molecule has 0 spiro atoms. The van der Waals surface area contributed by atoms with E-state index in [0.29, 0.717) is 5.92 Å². The molecule has 0 amide bonds. The number of hydrogen-bond donors (Lipinski definition) is 0. The van der Waals surface area contributed by atoms with E-state index in [4.69, 9.17) is 0 Å². The van der Waals surface area contributed by atoms with E-state index in [1.54, 1.807) is 6.08 Å². The van der Waals surface area contributed by atoms with Gasteiger partial charge >= 0.3 is 0 Å². The van der Waals surface area contributed by atoms with E-state index in [1.165, 1.54) is 11.1 Å². The van der Waals surface area contributed by atoms with Gasteiger partial charge in [0.05, 0.1) is 6.04 Å². The summed E-state index contributed by atoms with van der Waals surface area (Å²) in [6.45, 7) is 6.62. The summed E-state index contributed by atoms with van der Waals surface area (Å²) in [6.07, 6.45) is 2.63. The van der Waals surface area contributed by atoms with Crippen LogP contribution in [-0.2, 0) is 10.2 Å². The zero-order valence-corrected chi connectivity index (χ0v) is 10.0. The lowest BCUT2D eigenvalue weighted by molar-refractivity contribution is 0.562. The van der Waals surface area contributed by atoms with E-state index in [1.807, 2.05) is 0 Å². The summed E-state index contributed by atoms with van der Waals surface area (Å²) in [5.41, 5.74) is 2.83. The second-order valence-corrected chi connectivity index (χ2v) is 5.50. The van der Waals surface area contributed by atoms with Crippen molar-refractivity contribution in [2.75, 3.05) is 0 Å². The van der Waals surface area contributed by atoms with E-state index in [2.05, 4.69) is 50.0 Å². The van der Waals surface area contributed by atoms with Gasteiger partial charge in [-0.2, -0.15) is 0 Å². The van der Waals surface area contributed by atoms with Crippen LogP contribution in [0.3, 0.4) is 0 Å². The van der Waals surface area contributed by atoms with Gasteiger partial charge < -0.3 is 0 Å². The van der Waals surface area contributed by atoms with Gasteiger partial charge in [0.1, 0.15) is 0 Å². The zero-order valence-electron chi connectivity index (χ0n) is 10.0. The van der Waals surface area contributed by atoms with Crippen LogP contribution < -0.4 is 0 Å². The van der Waals surface area contributed by atoms with Gasteiger partial charge in [-0.05, 0) is 23.0 Å². The third kappa shape index (κ3) is 2.23. The molecule has 2 heteroatoms. The van der Waals surface area contributed by atoms with Gasteiger partial charge in [0.15, 0.2) is 0 Å². The SMILES string of the molecule is CC(C)(C)c1ccc(C2CC2N=C=O)cc1. The number of nitrogens with zero attached hydrogens (tertiary/aromatic N) is 1. The number of benzene rings is 1. The van der Waals surface area contributed by atoms with Crippen LogP contribution in [0, 0.1) is 0 Å². The Balaban J connectivity index is 2.13. The lowest BCUT2D eigenvalue weighted by Gasteiger charge is -2.19. The topological polar surface area (TPSA) is 29.4 Å². The minimum atomic E-state index is 0.179. The molecule has 0 heterocycles. The van der Waals surface area contributed by atoms with Crippen molar-refractivity contribution in [1.29, 1.82) is 0 Å². The Kier molecular flexibility index (Phi) is 2.69. The molecule has 2 unspecified atom stereocenters. The van der Waals surface area contributed by atoms with Crippen LogP contribution in [0.5, 0.6) is 0 Å². The van der Waals surface area contributed by atoms with Crippen molar-refractivity contribution in [3.05, 3.63) is 35.4 Å². The van der Waals surface area contributed by atoms with Crippen LogP contribution in [0.4, 0.5) is 0 Å². The molecule has 2 rings (SSSR count). The van der Waals surface area contributed by atoms with E-state index in [9.17, 15) is 4.79 Å². The molecule has 1 saturated carbocycles. The smallest absolute Gasteiger partial charge is 0.211 e. The molecule has 0 aliphatic heterocycles. The average Bonchev–Trinajstić information content (AvgIpc) is 2.97. The Morgan fingerprint density at radius 1 is 1.25 bits per heavy atom. The summed E-state index contributed by atoms with van der Waals surface area (Å²) in [5.74, 6) is 0.440. The first-order valence-electron chi connectivity index (χ1n) is 5.70. The van der Waals surface area contributed by atoms with Crippen molar-refractivity contribution in [3.8, 4) is 0 Å². The second-order valence-electron chi connectivity index (χ2n) is 5.50. The molecule has 1 aliphatic carbocycles. The van der Waals surface area contributed by atoms with E-state index < -0.39 is 0 Å². The molecule has 0 saturated heterocycles. The summed E-state index contributed by atoms with van der Waals surface area (Å²) in [5, 5.41) is 0. The first kappa shape index (κ1) is 11.1. The Labute approximate surface area is 96.4 Å². The largest absolute Gasteiger partial charge is 0.235 e. The van der Waals surface area contributed by atoms with Crippen LogP contribution >= 0.6 is 0 Å². The summed E-state index contributed by atoms with van der Waals surface area (Å²) >= 11 is 0. The molecule has 2 nitrogen and oxygen atoms in total. The van der Waals surface area contributed by atoms with Crippen molar-refractivity contribution in [3.63, 3.8) is 0 Å². The zero-order chi connectivity index (χ0) is 11.8. The Morgan fingerprint density at radius 3 is 2.38 bits per heavy atom. The second kappa shape index (κ2) is 3.88. The van der Waals surface area contributed by atoms with Crippen LogP contribution in [0.25, 0.3) is 0 Å². The average molecular weight is 215 g/mol. The molecule has 0 bridgehead atoms. The maximum absolute atomic E-state index is 10.1. The fourth-order valence-corrected chi connectivity index (χ4v) is 1.98. The van der Waals surface area contributed by atoms with Gasteiger partial charge in [0.2, 0.25) is 6.08 Å². The molecule has 0 N–H and O–H groups in total. The van der Waals surface area contributed by atoms with Gasteiger partial charge in [-0.25, -0.2) is 9.79 Å². The van der Waals surface area contributed by atoms with E-state index in [0.717, 1.165) is 6.42 Å². The summed E-state index contributed by atoms with van der Waals surface area (Å²) < 4.78 is 0. The molecule has 1 aliphatic rings. The van der Waals surface area contributed by atoms with Crippen LogP contribution in [0.1, 0.15) is 44.2 Å². The van der Waals surface area contributed by atoms with Crippen LogP contribution in [0.2, 0.25) is 0 Å². The van der Waals surface area contributed by atoms with Gasteiger partial charge in [0.25, 0.3) is 0 Å². The summed E-state index contributed by atoms with van der Waals surface area (Å²) in [6, 6.07) is 8.85. The summed E-state index contributed by atoms with van der Waals surface area (Å²) in [4.78, 5) is 13.9.